The highest BCUT2D eigenvalue weighted by atomic mass is 16.5. The molecule has 1 rings (SSSR count). The summed E-state index contributed by atoms with van der Waals surface area (Å²) in [4.78, 5) is 33.7. The lowest BCUT2D eigenvalue weighted by molar-refractivity contribution is -0.144. The van der Waals surface area contributed by atoms with Gasteiger partial charge in [-0.2, -0.15) is 0 Å². The third kappa shape index (κ3) is 4.20. The van der Waals surface area contributed by atoms with Crippen LogP contribution in [0, 0.1) is 5.92 Å². The summed E-state index contributed by atoms with van der Waals surface area (Å²) < 4.78 is 4.43. The summed E-state index contributed by atoms with van der Waals surface area (Å²) >= 11 is 0. The molecule has 0 heterocycles. The summed E-state index contributed by atoms with van der Waals surface area (Å²) in [5.41, 5.74) is 0. The Morgan fingerprint density at radius 3 is 2.50 bits per heavy atom. The molecule has 2 N–H and O–H groups in total. The summed E-state index contributed by atoms with van der Waals surface area (Å²) in [5, 5.41) is 11.4. The smallest absolute Gasteiger partial charge is 0.326 e. The van der Waals surface area contributed by atoms with Gasteiger partial charge >= 0.3 is 11.9 Å². The Morgan fingerprint density at radius 2 is 2.00 bits per heavy atom. The number of carboxylic acid groups (broad SMARTS) is 1. The Morgan fingerprint density at radius 1 is 1.39 bits per heavy atom. The summed E-state index contributed by atoms with van der Waals surface area (Å²) in [6.07, 6.45) is 5.07. The fourth-order valence-corrected chi connectivity index (χ4v) is 1.74. The Hall–Kier alpha value is -1.85. The Bertz CT molecular complexity index is 355. The number of allylic oxidation sites excluding steroid dienone is 2. The van der Waals surface area contributed by atoms with Crippen LogP contribution in [0.2, 0.25) is 0 Å². The van der Waals surface area contributed by atoms with E-state index in [1.807, 2.05) is 12.2 Å². The van der Waals surface area contributed by atoms with Crippen LogP contribution in [0.25, 0.3) is 0 Å². The molecule has 0 aromatic rings. The molecule has 0 aromatic heterocycles. The van der Waals surface area contributed by atoms with E-state index in [4.69, 9.17) is 5.11 Å². The van der Waals surface area contributed by atoms with Crippen LogP contribution in [0.5, 0.6) is 0 Å². The Labute approximate surface area is 105 Å². The van der Waals surface area contributed by atoms with Crippen molar-refractivity contribution in [3.05, 3.63) is 12.2 Å². The average molecular weight is 255 g/mol. The molecule has 1 amide bonds. The molecule has 0 saturated heterocycles. The van der Waals surface area contributed by atoms with E-state index in [0.29, 0.717) is 12.8 Å². The molecule has 0 aliphatic heterocycles. The number of nitrogens with one attached hydrogen (secondary N) is 1. The van der Waals surface area contributed by atoms with Crippen molar-refractivity contribution in [1.29, 1.82) is 0 Å². The number of carbonyl (C=O) groups is 3. The van der Waals surface area contributed by atoms with Gasteiger partial charge in [0.1, 0.15) is 6.04 Å². The Kier molecular flexibility index (Phi) is 5.35. The zero-order chi connectivity index (χ0) is 13.5. The van der Waals surface area contributed by atoms with Gasteiger partial charge in [0.2, 0.25) is 5.91 Å². The molecular formula is C12H17NO5. The highest BCUT2D eigenvalue weighted by Gasteiger charge is 2.26. The number of esters is 1. The molecule has 1 aliphatic carbocycles. The van der Waals surface area contributed by atoms with Gasteiger partial charge in [0.25, 0.3) is 0 Å². The second kappa shape index (κ2) is 6.78. The van der Waals surface area contributed by atoms with E-state index < -0.39 is 18.0 Å². The molecular weight excluding hydrogens is 238 g/mol. The minimum Gasteiger partial charge on any atom is -0.480 e. The van der Waals surface area contributed by atoms with Crippen LogP contribution in [-0.2, 0) is 19.1 Å². The molecule has 0 fully saturated rings. The van der Waals surface area contributed by atoms with Crippen molar-refractivity contribution in [1.82, 2.24) is 5.32 Å². The number of hydrogen-bond acceptors (Lipinski definition) is 4. The number of aliphatic carboxylic acids is 1. The molecule has 0 radical (unpaired) electrons. The lowest BCUT2D eigenvalue weighted by atomic mass is 10.0. The van der Waals surface area contributed by atoms with E-state index in [-0.39, 0.29) is 24.7 Å². The SMILES string of the molecule is COC(=O)CC[C@H](NC(=O)C1CC=CC1)C(=O)O. The standard InChI is InChI=1S/C12H17NO5/c1-18-10(14)7-6-9(12(16)17)13-11(15)8-4-2-3-5-8/h2-3,8-9H,4-7H2,1H3,(H,13,15)(H,16,17)/t9-/m0/s1. The van der Waals surface area contributed by atoms with Crippen molar-refractivity contribution in [3.63, 3.8) is 0 Å². The normalized spacial score (nSPS) is 16.3. The van der Waals surface area contributed by atoms with Gasteiger partial charge in [0, 0.05) is 12.3 Å². The molecule has 0 unspecified atom stereocenters. The van der Waals surface area contributed by atoms with Gasteiger partial charge in [-0.3, -0.25) is 9.59 Å². The van der Waals surface area contributed by atoms with Crippen LogP contribution >= 0.6 is 0 Å². The largest absolute Gasteiger partial charge is 0.480 e. The third-order valence-corrected chi connectivity index (χ3v) is 2.86. The number of carboxylic acids is 1. The van der Waals surface area contributed by atoms with E-state index in [1.54, 1.807) is 0 Å². The highest BCUT2D eigenvalue weighted by Crippen LogP contribution is 2.18. The quantitative estimate of drug-likeness (QED) is 0.532. The van der Waals surface area contributed by atoms with Crippen LogP contribution in [0.1, 0.15) is 25.7 Å². The first kappa shape index (κ1) is 14.2. The molecule has 100 valence electrons. The van der Waals surface area contributed by atoms with Crippen LogP contribution in [0.3, 0.4) is 0 Å². The lowest BCUT2D eigenvalue weighted by Crippen LogP contribution is -2.43. The first-order chi connectivity index (χ1) is 8.54. The minimum absolute atomic E-state index is 0.0311. The second-order valence-corrected chi connectivity index (χ2v) is 4.15. The molecule has 0 aromatic carbocycles. The van der Waals surface area contributed by atoms with Gasteiger partial charge in [-0.05, 0) is 19.3 Å². The van der Waals surface area contributed by atoms with Crippen molar-refractivity contribution in [2.75, 3.05) is 7.11 Å². The zero-order valence-corrected chi connectivity index (χ0v) is 10.2. The lowest BCUT2D eigenvalue weighted by Gasteiger charge is -2.16. The van der Waals surface area contributed by atoms with E-state index in [0.717, 1.165) is 0 Å². The number of carbonyl (C=O) groups excluding carboxylic acids is 2. The number of rotatable bonds is 6. The van der Waals surface area contributed by atoms with Gasteiger partial charge in [0.05, 0.1) is 7.11 Å². The first-order valence-corrected chi connectivity index (χ1v) is 5.79. The van der Waals surface area contributed by atoms with Crippen LogP contribution < -0.4 is 5.32 Å². The number of amides is 1. The van der Waals surface area contributed by atoms with E-state index in [1.165, 1.54) is 7.11 Å². The first-order valence-electron chi connectivity index (χ1n) is 5.79. The number of ether oxygens (including phenoxy) is 1. The van der Waals surface area contributed by atoms with Gasteiger partial charge in [0.15, 0.2) is 0 Å². The van der Waals surface area contributed by atoms with Crippen molar-refractivity contribution in [3.8, 4) is 0 Å². The molecule has 0 spiro atoms. The predicted molar refractivity (Wildman–Crippen MR) is 62.7 cm³/mol. The van der Waals surface area contributed by atoms with Crippen molar-refractivity contribution in [2.45, 2.75) is 31.7 Å². The highest BCUT2D eigenvalue weighted by molar-refractivity contribution is 5.85. The van der Waals surface area contributed by atoms with Crippen LogP contribution in [0.15, 0.2) is 12.2 Å². The maximum absolute atomic E-state index is 11.7. The van der Waals surface area contributed by atoms with E-state index in [2.05, 4.69) is 10.1 Å². The molecule has 1 aliphatic rings. The fourth-order valence-electron chi connectivity index (χ4n) is 1.74. The average Bonchev–Trinajstić information content (AvgIpc) is 2.87. The molecule has 6 heteroatoms. The minimum atomic E-state index is -1.14. The molecule has 0 saturated carbocycles. The maximum Gasteiger partial charge on any atom is 0.326 e. The molecule has 1 atom stereocenters. The topological polar surface area (TPSA) is 92.7 Å². The van der Waals surface area contributed by atoms with Crippen molar-refractivity contribution >= 4 is 17.8 Å². The zero-order valence-electron chi connectivity index (χ0n) is 10.2. The van der Waals surface area contributed by atoms with Crippen molar-refractivity contribution in [2.24, 2.45) is 5.92 Å². The van der Waals surface area contributed by atoms with Gasteiger partial charge in [-0.1, -0.05) is 12.2 Å². The van der Waals surface area contributed by atoms with Gasteiger partial charge in [-0.25, -0.2) is 4.79 Å². The molecule has 18 heavy (non-hydrogen) atoms. The third-order valence-electron chi connectivity index (χ3n) is 2.86. The van der Waals surface area contributed by atoms with Crippen LogP contribution in [-0.4, -0.2) is 36.1 Å². The summed E-state index contributed by atoms with van der Waals surface area (Å²) in [7, 11) is 1.24. The Balaban J connectivity index is 2.44. The summed E-state index contributed by atoms with van der Waals surface area (Å²) in [6.45, 7) is 0. The van der Waals surface area contributed by atoms with Crippen LogP contribution in [0.4, 0.5) is 0 Å². The summed E-state index contributed by atoms with van der Waals surface area (Å²) in [5.74, 6) is -2.10. The monoisotopic (exact) mass is 255 g/mol. The van der Waals surface area contributed by atoms with Gasteiger partial charge in [-0.15, -0.1) is 0 Å². The number of hydrogen-bond donors (Lipinski definition) is 2. The predicted octanol–water partition coefficient (Wildman–Crippen LogP) is 0.475. The van der Waals surface area contributed by atoms with E-state index in [9.17, 15) is 14.4 Å². The molecule has 6 nitrogen and oxygen atoms in total. The van der Waals surface area contributed by atoms with E-state index >= 15 is 0 Å². The fraction of sp³-hybridized carbons (Fsp3) is 0.583. The van der Waals surface area contributed by atoms with Gasteiger partial charge < -0.3 is 15.2 Å². The second-order valence-electron chi connectivity index (χ2n) is 4.15. The maximum atomic E-state index is 11.7. The number of methoxy groups -OCH3 is 1. The molecule has 0 bridgehead atoms. The van der Waals surface area contributed by atoms with Crippen molar-refractivity contribution < 1.29 is 24.2 Å². The summed E-state index contributed by atoms with van der Waals surface area (Å²) in [6, 6.07) is -1.04.